The number of nitrogens with one attached hydrogen (secondary N) is 2. The van der Waals surface area contributed by atoms with Crippen molar-refractivity contribution in [1.82, 2.24) is 15.5 Å². The van der Waals surface area contributed by atoms with Gasteiger partial charge in [0.15, 0.2) is 0 Å². The molecule has 2 aliphatic heterocycles. The summed E-state index contributed by atoms with van der Waals surface area (Å²) < 4.78 is 5.87. The van der Waals surface area contributed by atoms with Crippen LogP contribution < -0.4 is 10.6 Å². The fourth-order valence-electron chi connectivity index (χ4n) is 4.20. The van der Waals surface area contributed by atoms with Gasteiger partial charge in [-0.05, 0) is 82.8 Å². The molecule has 0 spiro atoms. The maximum Gasteiger partial charge on any atom is 0.220 e. The molecule has 0 radical (unpaired) electrons. The molecule has 156 valence electrons. The summed E-state index contributed by atoms with van der Waals surface area (Å²) in [6, 6.07) is 4.23. The molecule has 1 aromatic rings. The number of carbonyl (C=O) groups excluding carboxylic acids is 1. The van der Waals surface area contributed by atoms with Crippen molar-refractivity contribution in [2.75, 3.05) is 32.7 Å². The summed E-state index contributed by atoms with van der Waals surface area (Å²) in [4.78, 5) is 14.9. The monoisotopic (exact) mass is 419 g/mol. The highest BCUT2D eigenvalue weighted by molar-refractivity contribution is 5.85. The van der Waals surface area contributed by atoms with Gasteiger partial charge < -0.3 is 15.1 Å². The number of rotatable bonds is 7. The molecule has 5 nitrogen and oxygen atoms in total. The molecule has 3 atom stereocenters. The van der Waals surface area contributed by atoms with Crippen LogP contribution >= 0.6 is 24.8 Å². The SMILES string of the molecule is Cc1ccc(C(CNC(=O)CC(C)C2CCCNC2)N2CCCC2)o1.Cl.Cl. The van der Waals surface area contributed by atoms with Crippen molar-refractivity contribution in [2.24, 2.45) is 11.8 Å². The number of furan rings is 1. The van der Waals surface area contributed by atoms with Crippen LogP contribution in [0.15, 0.2) is 16.5 Å². The number of aryl methyl sites for hydroxylation is 1. The molecule has 2 fully saturated rings. The van der Waals surface area contributed by atoms with Gasteiger partial charge in [0, 0.05) is 13.0 Å². The minimum atomic E-state index is 0. The molecule has 7 heteroatoms. The number of hydrogen-bond donors (Lipinski definition) is 2. The average molecular weight is 420 g/mol. The summed E-state index contributed by atoms with van der Waals surface area (Å²) in [5, 5.41) is 6.63. The van der Waals surface area contributed by atoms with E-state index in [1.165, 1.54) is 25.7 Å². The largest absolute Gasteiger partial charge is 0.465 e. The van der Waals surface area contributed by atoms with E-state index in [9.17, 15) is 4.79 Å². The van der Waals surface area contributed by atoms with E-state index in [-0.39, 0.29) is 36.8 Å². The van der Waals surface area contributed by atoms with Gasteiger partial charge in [0.25, 0.3) is 0 Å². The second-order valence-corrected chi connectivity index (χ2v) is 7.80. The molecule has 0 saturated carbocycles. The fraction of sp³-hybridized carbons (Fsp3) is 0.750. The Morgan fingerprint density at radius 3 is 2.63 bits per heavy atom. The van der Waals surface area contributed by atoms with Crippen molar-refractivity contribution in [3.63, 3.8) is 0 Å². The number of carbonyl (C=O) groups is 1. The molecule has 2 N–H and O–H groups in total. The molecular weight excluding hydrogens is 385 g/mol. The molecule has 0 aliphatic carbocycles. The second kappa shape index (κ2) is 11.9. The van der Waals surface area contributed by atoms with E-state index in [1.54, 1.807) is 0 Å². The standard InChI is InChI=1S/C20H33N3O2.2ClH/c1-15(17-6-5-9-21-13-17)12-20(24)22-14-18(23-10-3-4-11-23)19-8-7-16(2)25-19;;/h7-8,15,17-18,21H,3-6,9-14H2,1-2H3,(H,22,24);2*1H. The van der Waals surface area contributed by atoms with E-state index in [2.05, 4.69) is 28.5 Å². The summed E-state index contributed by atoms with van der Waals surface area (Å²) in [5.41, 5.74) is 0. The molecule has 3 unspecified atom stereocenters. The van der Waals surface area contributed by atoms with E-state index in [0.29, 0.717) is 24.8 Å². The molecule has 2 saturated heterocycles. The van der Waals surface area contributed by atoms with Gasteiger partial charge in [0.05, 0.1) is 6.04 Å². The first-order chi connectivity index (χ1) is 12.1. The lowest BCUT2D eigenvalue weighted by Crippen LogP contribution is -2.39. The van der Waals surface area contributed by atoms with Crippen LogP contribution in [0.5, 0.6) is 0 Å². The van der Waals surface area contributed by atoms with Crippen molar-refractivity contribution in [1.29, 1.82) is 0 Å². The third-order valence-corrected chi connectivity index (χ3v) is 5.81. The summed E-state index contributed by atoms with van der Waals surface area (Å²) >= 11 is 0. The Morgan fingerprint density at radius 1 is 1.30 bits per heavy atom. The van der Waals surface area contributed by atoms with Gasteiger partial charge in [0.2, 0.25) is 5.91 Å². The molecule has 27 heavy (non-hydrogen) atoms. The van der Waals surface area contributed by atoms with Crippen LogP contribution in [-0.4, -0.2) is 43.5 Å². The third kappa shape index (κ3) is 6.97. The Labute approximate surface area is 175 Å². The Morgan fingerprint density at radius 2 is 2.04 bits per heavy atom. The van der Waals surface area contributed by atoms with Crippen LogP contribution in [0.3, 0.4) is 0 Å². The molecule has 0 aromatic carbocycles. The summed E-state index contributed by atoms with van der Waals surface area (Å²) in [5.74, 6) is 3.14. The zero-order valence-electron chi connectivity index (χ0n) is 16.5. The molecule has 1 amide bonds. The Balaban J connectivity index is 0.00000182. The van der Waals surface area contributed by atoms with Gasteiger partial charge in [-0.1, -0.05) is 6.92 Å². The topological polar surface area (TPSA) is 57.5 Å². The van der Waals surface area contributed by atoms with Gasteiger partial charge in [-0.15, -0.1) is 24.8 Å². The van der Waals surface area contributed by atoms with Gasteiger partial charge in [0.1, 0.15) is 11.5 Å². The van der Waals surface area contributed by atoms with Gasteiger partial charge in [-0.25, -0.2) is 0 Å². The van der Waals surface area contributed by atoms with Gasteiger partial charge >= 0.3 is 0 Å². The molecule has 3 heterocycles. The lowest BCUT2D eigenvalue weighted by molar-refractivity contribution is -0.122. The molecule has 1 aromatic heterocycles. The number of hydrogen-bond acceptors (Lipinski definition) is 4. The first kappa shape index (κ1) is 24.3. The van der Waals surface area contributed by atoms with Crippen LogP contribution in [0.1, 0.15) is 56.6 Å². The van der Waals surface area contributed by atoms with Gasteiger partial charge in [-0.2, -0.15) is 0 Å². The first-order valence-electron chi connectivity index (χ1n) is 9.91. The van der Waals surface area contributed by atoms with Crippen LogP contribution in [-0.2, 0) is 4.79 Å². The normalized spacial score (nSPS) is 22.4. The van der Waals surface area contributed by atoms with Crippen LogP contribution in [0, 0.1) is 18.8 Å². The minimum absolute atomic E-state index is 0. The lowest BCUT2D eigenvalue weighted by Gasteiger charge is -2.29. The van der Waals surface area contributed by atoms with Crippen molar-refractivity contribution in [3.05, 3.63) is 23.7 Å². The zero-order valence-corrected chi connectivity index (χ0v) is 18.2. The first-order valence-corrected chi connectivity index (χ1v) is 9.91. The number of likely N-dealkylation sites (tertiary alicyclic amines) is 1. The average Bonchev–Trinajstić information content (AvgIpc) is 3.28. The summed E-state index contributed by atoms with van der Waals surface area (Å²) in [6.07, 6.45) is 5.55. The van der Waals surface area contributed by atoms with Crippen LogP contribution in [0.2, 0.25) is 0 Å². The summed E-state index contributed by atoms with van der Waals surface area (Å²) in [7, 11) is 0. The highest BCUT2D eigenvalue weighted by atomic mass is 35.5. The minimum Gasteiger partial charge on any atom is -0.465 e. The fourth-order valence-corrected chi connectivity index (χ4v) is 4.20. The number of nitrogens with zero attached hydrogens (tertiary/aromatic N) is 1. The maximum atomic E-state index is 12.5. The van der Waals surface area contributed by atoms with E-state index in [0.717, 1.165) is 37.7 Å². The predicted molar refractivity (Wildman–Crippen MR) is 114 cm³/mol. The Hall–Kier alpha value is -0.750. The Kier molecular flexibility index (Phi) is 10.7. The van der Waals surface area contributed by atoms with Crippen molar-refractivity contribution in [3.8, 4) is 0 Å². The molecule has 0 bridgehead atoms. The zero-order chi connectivity index (χ0) is 17.6. The van der Waals surface area contributed by atoms with Crippen LogP contribution in [0.4, 0.5) is 0 Å². The number of halogens is 2. The van der Waals surface area contributed by atoms with E-state index < -0.39 is 0 Å². The van der Waals surface area contributed by atoms with E-state index >= 15 is 0 Å². The highest BCUT2D eigenvalue weighted by Gasteiger charge is 2.27. The Bertz CT molecular complexity index is 555. The predicted octanol–water partition coefficient (Wildman–Crippen LogP) is 3.71. The van der Waals surface area contributed by atoms with Crippen molar-refractivity contribution < 1.29 is 9.21 Å². The number of amides is 1. The van der Waals surface area contributed by atoms with E-state index in [4.69, 9.17) is 4.42 Å². The number of piperidine rings is 1. The second-order valence-electron chi connectivity index (χ2n) is 7.80. The highest BCUT2D eigenvalue weighted by Crippen LogP contribution is 2.26. The molecule has 3 rings (SSSR count). The van der Waals surface area contributed by atoms with Gasteiger partial charge in [-0.3, -0.25) is 9.69 Å². The van der Waals surface area contributed by atoms with Crippen LogP contribution in [0.25, 0.3) is 0 Å². The lowest BCUT2D eigenvalue weighted by atomic mass is 9.85. The molecule has 2 aliphatic rings. The molecular formula is C20H35Cl2N3O2. The van der Waals surface area contributed by atoms with E-state index in [1.807, 2.05) is 13.0 Å². The van der Waals surface area contributed by atoms with Crippen molar-refractivity contribution >= 4 is 30.7 Å². The maximum absolute atomic E-state index is 12.5. The summed E-state index contributed by atoms with van der Waals surface area (Å²) in [6.45, 7) is 9.18. The smallest absolute Gasteiger partial charge is 0.220 e. The third-order valence-electron chi connectivity index (χ3n) is 5.81. The quantitative estimate of drug-likeness (QED) is 0.706. The van der Waals surface area contributed by atoms with Crippen molar-refractivity contribution in [2.45, 2.75) is 52.0 Å².